The highest BCUT2D eigenvalue weighted by atomic mass is 16.4. The van der Waals surface area contributed by atoms with Gasteiger partial charge in [0, 0.05) is 40.9 Å². The second-order valence-corrected chi connectivity index (χ2v) is 8.52. The zero-order valence-electron chi connectivity index (χ0n) is 18.8. The number of amides is 1. The summed E-state index contributed by atoms with van der Waals surface area (Å²) in [5.41, 5.74) is 3.06. The Hall–Kier alpha value is -3.90. The van der Waals surface area contributed by atoms with Crippen LogP contribution in [0.3, 0.4) is 0 Å². The van der Waals surface area contributed by atoms with Crippen LogP contribution in [0.1, 0.15) is 25.3 Å². The minimum atomic E-state index is -0.566. The number of benzene rings is 3. The molecule has 0 aliphatic heterocycles. The number of furan rings is 1. The summed E-state index contributed by atoms with van der Waals surface area (Å²) >= 11 is 0. The van der Waals surface area contributed by atoms with Gasteiger partial charge in [0.15, 0.2) is 0 Å². The summed E-state index contributed by atoms with van der Waals surface area (Å²) in [4.78, 5) is 24.6. The number of carbonyl (C=O) groups is 1. The summed E-state index contributed by atoms with van der Waals surface area (Å²) < 4.78 is 11.3. The second kappa shape index (κ2) is 9.15. The predicted molar refractivity (Wildman–Crippen MR) is 133 cm³/mol. The van der Waals surface area contributed by atoms with Crippen LogP contribution in [0, 0.1) is 0 Å². The summed E-state index contributed by atoms with van der Waals surface area (Å²) in [6.07, 6.45) is 2.12. The molecule has 1 unspecified atom stereocenters. The molecule has 34 heavy (non-hydrogen) atoms. The number of hydrogen-bond donors (Lipinski definition) is 2. The number of aliphatic hydroxyl groups is 1. The van der Waals surface area contributed by atoms with E-state index in [1.807, 2.05) is 25.1 Å². The fourth-order valence-corrected chi connectivity index (χ4v) is 4.15. The lowest BCUT2D eigenvalue weighted by molar-refractivity contribution is -0.121. The van der Waals surface area contributed by atoms with Crippen molar-refractivity contribution < 1.29 is 18.7 Å². The van der Waals surface area contributed by atoms with Crippen molar-refractivity contribution in [3.8, 4) is 11.1 Å². The number of aryl methyl sites for hydroxylation is 1. The van der Waals surface area contributed by atoms with E-state index in [0.29, 0.717) is 23.2 Å². The molecule has 0 aliphatic carbocycles. The van der Waals surface area contributed by atoms with Crippen LogP contribution in [0.4, 0.5) is 0 Å². The smallest absolute Gasteiger partial charge is 0.339 e. The number of hydrogen-bond acceptors (Lipinski definition) is 5. The molecule has 3 aromatic carbocycles. The molecule has 1 atom stereocenters. The molecule has 6 heteroatoms. The first-order valence-corrected chi connectivity index (χ1v) is 11.4. The van der Waals surface area contributed by atoms with Gasteiger partial charge >= 0.3 is 5.63 Å². The van der Waals surface area contributed by atoms with Gasteiger partial charge in [-0.1, -0.05) is 43.3 Å². The Labute approximate surface area is 195 Å². The molecular formula is C28H25NO5. The first-order valence-electron chi connectivity index (χ1n) is 11.4. The van der Waals surface area contributed by atoms with E-state index in [2.05, 4.69) is 35.6 Å². The van der Waals surface area contributed by atoms with Crippen molar-refractivity contribution in [3.63, 3.8) is 0 Å². The molecule has 0 saturated carbocycles. The zero-order chi connectivity index (χ0) is 23.7. The van der Waals surface area contributed by atoms with E-state index in [4.69, 9.17) is 8.83 Å². The van der Waals surface area contributed by atoms with Crippen LogP contribution < -0.4 is 10.9 Å². The molecule has 0 spiro atoms. The highest BCUT2D eigenvalue weighted by Gasteiger charge is 2.14. The zero-order valence-corrected chi connectivity index (χ0v) is 18.8. The number of aliphatic hydroxyl groups excluding tert-OH is 1. The minimum Gasteiger partial charge on any atom is -0.464 e. The molecule has 0 fully saturated rings. The molecule has 0 saturated heterocycles. The van der Waals surface area contributed by atoms with Gasteiger partial charge in [0.1, 0.15) is 11.2 Å². The van der Waals surface area contributed by atoms with Gasteiger partial charge in [0.2, 0.25) is 5.91 Å². The number of carbonyl (C=O) groups excluding carboxylic acids is 1. The standard InChI is InChI=1S/C28H25NO5/c1-2-22(30)15-29-27(31)10-9-20-12-21-13-23-24(16-33-26(23)14-25(21)34-28(20)32)19-8-7-17-5-3-4-6-18(17)11-19/h3-8,11-14,16,22,30H,2,9-10,15H2,1H3,(H,29,31). The maximum absolute atomic E-state index is 12.5. The Morgan fingerprint density at radius 1 is 1.00 bits per heavy atom. The molecule has 172 valence electrons. The summed E-state index contributed by atoms with van der Waals surface area (Å²) in [6.45, 7) is 2.05. The van der Waals surface area contributed by atoms with Crippen LogP contribution in [-0.4, -0.2) is 23.7 Å². The van der Waals surface area contributed by atoms with Gasteiger partial charge in [-0.2, -0.15) is 0 Å². The molecule has 1 amide bonds. The van der Waals surface area contributed by atoms with Crippen LogP contribution in [0.5, 0.6) is 0 Å². The summed E-state index contributed by atoms with van der Waals surface area (Å²) in [6, 6.07) is 20.0. The Balaban J connectivity index is 1.46. The molecule has 5 aromatic rings. The lowest BCUT2D eigenvalue weighted by Gasteiger charge is -2.09. The van der Waals surface area contributed by atoms with Gasteiger partial charge in [-0.15, -0.1) is 0 Å². The molecule has 2 N–H and O–H groups in total. The van der Waals surface area contributed by atoms with E-state index in [1.165, 1.54) is 5.39 Å². The fraction of sp³-hybridized carbons (Fsp3) is 0.214. The lowest BCUT2D eigenvalue weighted by atomic mass is 10.00. The van der Waals surface area contributed by atoms with E-state index < -0.39 is 11.7 Å². The maximum atomic E-state index is 12.5. The van der Waals surface area contributed by atoms with E-state index in [0.717, 1.165) is 27.3 Å². The van der Waals surface area contributed by atoms with E-state index in [-0.39, 0.29) is 25.3 Å². The fourth-order valence-electron chi connectivity index (χ4n) is 4.15. The van der Waals surface area contributed by atoms with Crippen molar-refractivity contribution in [2.75, 3.05) is 6.54 Å². The highest BCUT2D eigenvalue weighted by Crippen LogP contribution is 2.34. The number of nitrogens with one attached hydrogen (secondary N) is 1. The third kappa shape index (κ3) is 4.32. The van der Waals surface area contributed by atoms with Crippen molar-refractivity contribution >= 4 is 38.6 Å². The van der Waals surface area contributed by atoms with Crippen molar-refractivity contribution in [3.05, 3.63) is 82.9 Å². The largest absolute Gasteiger partial charge is 0.464 e. The third-order valence-electron chi connectivity index (χ3n) is 6.19. The van der Waals surface area contributed by atoms with Crippen molar-refractivity contribution in [1.82, 2.24) is 5.32 Å². The topological polar surface area (TPSA) is 92.7 Å². The first-order chi connectivity index (χ1) is 16.5. The maximum Gasteiger partial charge on any atom is 0.339 e. The van der Waals surface area contributed by atoms with E-state index >= 15 is 0 Å². The molecule has 6 nitrogen and oxygen atoms in total. The Bertz CT molecular complexity index is 1560. The number of fused-ring (bicyclic) bond motifs is 3. The minimum absolute atomic E-state index is 0.142. The summed E-state index contributed by atoms with van der Waals surface area (Å²) in [7, 11) is 0. The van der Waals surface area contributed by atoms with Crippen molar-refractivity contribution in [2.45, 2.75) is 32.3 Å². The van der Waals surface area contributed by atoms with Gasteiger partial charge < -0.3 is 19.3 Å². The van der Waals surface area contributed by atoms with Crippen LogP contribution in [0.15, 0.2) is 80.6 Å². The lowest BCUT2D eigenvalue weighted by Crippen LogP contribution is -2.32. The van der Waals surface area contributed by atoms with Gasteiger partial charge in [0.25, 0.3) is 0 Å². The highest BCUT2D eigenvalue weighted by molar-refractivity contribution is 6.02. The predicted octanol–water partition coefficient (Wildman–Crippen LogP) is 5.18. The van der Waals surface area contributed by atoms with E-state index in [9.17, 15) is 14.7 Å². The average molecular weight is 456 g/mol. The van der Waals surface area contributed by atoms with Crippen LogP contribution in [0.25, 0.3) is 43.8 Å². The molecular weight excluding hydrogens is 430 g/mol. The Kier molecular flexibility index (Phi) is 5.90. The first kappa shape index (κ1) is 21.9. The molecule has 0 bridgehead atoms. The SMILES string of the molecule is CCC(O)CNC(=O)CCc1cc2cc3c(-c4ccc5ccccc5c4)coc3cc2oc1=O. The van der Waals surface area contributed by atoms with Crippen LogP contribution >= 0.6 is 0 Å². The quantitative estimate of drug-likeness (QED) is 0.330. The van der Waals surface area contributed by atoms with Crippen molar-refractivity contribution in [2.24, 2.45) is 0 Å². The summed E-state index contributed by atoms with van der Waals surface area (Å²) in [5, 5.41) is 16.3. The van der Waals surface area contributed by atoms with Gasteiger partial charge in [0.05, 0.1) is 12.4 Å². The van der Waals surface area contributed by atoms with E-state index in [1.54, 1.807) is 18.4 Å². The molecule has 0 radical (unpaired) electrons. The van der Waals surface area contributed by atoms with Gasteiger partial charge in [-0.05, 0) is 47.4 Å². The second-order valence-electron chi connectivity index (χ2n) is 8.52. The molecule has 5 rings (SSSR count). The Morgan fingerprint density at radius 3 is 2.65 bits per heavy atom. The van der Waals surface area contributed by atoms with Gasteiger partial charge in [-0.25, -0.2) is 4.79 Å². The Morgan fingerprint density at radius 2 is 1.82 bits per heavy atom. The van der Waals surface area contributed by atoms with Crippen LogP contribution in [-0.2, 0) is 11.2 Å². The molecule has 0 aliphatic rings. The normalized spacial score (nSPS) is 12.4. The van der Waals surface area contributed by atoms with Crippen LogP contribution in [0.2, 0.25) is 0 Å². The monoisotopic (exact) mass is 455 g/mol. The third-order valence-corrected chi connectivity index (χ3v) is 6.19. The molecule has 2 aromatic heterocycles. The molecule has 2 heterocycles. The van der Waals surface area contributed by atoms with Crippen molar-refractivity contribution in [1.29, 1.82) is 0 Å². The van der Waals surface area contributed by atoms with Gasteiger partial charge in [-0.3, -0.25) is 4.79 Å². The number of rotatable bonds is 7. The summed E-state index contributed by atoms with van der Waals surface area (Å²) in [5.74, 6) is -0.212. The average Bonchev–Trinajstić information content (AvgIpc) is 3.26.